The Morgan fingerprint density at radius 3 is 1.71 bits per heavy atom. The Hall–Kier alpha value is -6.64. The molecule has 0 aliphatic carbocycles. The van der Waals surface area contributed by atoms with Gasteiger partial charge in [0, 0.05) is 81.4 Å². The highest BCUT2D eigenvalue weighted by Gasteiger charge is 2.28. The Morgan fingerprint density at radius 1 is 0.690 bits per heavy atom. The summed E-state index contributed by atoms with van der Waals surface area (Å²) in [6.07, 6.45) is 2.24. The first kappa shape index (κ1) is 38.2. The summed E-state index contributed by atoms with van der Waals surface area (Å²) < 4.78 is 0. The molecule has 2 aliphatic rings. The third-order valence-corrected chi connectivity index (χ3v) is 10.5. The van der Waals surface area contributed by atoms with E-state index in [0.717, 1.165) is 76.4 Å². The van der Waals surface area contributed by atoms with Crippen LogP contribution < -0.4 is 15.1 Å². The summed E-state index contributed by atoms with van der Waals surface area (Å²) >= 11 is 0. The molecular weight excluding hydrogens is 733 g/mol. The number of hydrogen-bond acceptors (Lipinski definition) is 12. The molecule has 9 rings (SSSR count). The highest BCUT2D eigenvalue weighted by Crippen LogP contribution is 2.34. The first-order valence-electron chi connectivity index (χ1n) is 19.5. The number of nitrogens with zero attached hydrogens (tertiary/aromatic N) is 8. The van der Waals surface area contributed by atoms with Crippen molar-refractivity contribution in [3.63, 3.8) is 0 Å². The van der Waals surface area contributed by atoms with E-state index in [-0.39, 0.29) is 23.8 Å². The molecule has 14 nitrogen and oxygen atoms in total. The maximum atomic E-state index is 12.8. The lowest BCUT2D eigenvalue weighted by Crippen LogP contribution is -2.52. The Morgan fingerprint density at radius 2 is 1.21 bits per heavy atom. The number of anilines is 2. The second kappa shape index (κ2) is 16.8. The highest BCUT2D eigenvalue weighted by molar-refractivity contribution is 5.93. The number of hydrogen-bond donors (Lipinski definition) is 5. The van der Waals surface area contributed by atoms with Crippen LogP contribution in [0.4, 0.5) is 11.6 Å². The van der Waals surface area contributed by atoms with E-state index in [1.807, 2.05) is 43.3 Å². The van der Waals surface area contributed by atoms with Gasteiger partial charge >= 0.3 is 0 Å². The molecule has 0 unspecified atom stereocenters. The average Bonchev–Trinajstić information content (AvgIpc) is 3.76. The number of carbonyl (C=O) groups is 1. The van der Waals surface area contributed by atoms with E-state index in [1.165, 1.54) is 6.33 Å². The van der Waals surface area contributed by atoms with Crippen molar-refractivity contribution >= 4 is 39.3 Å². The summed E-state index contributed by atoms with van der Waals surface area (Å²) in [5, 5.41) is 36.3. The molecule has 3 aromatic heterocycles. The van der Waals surface area contributed by atoms with Crippen LogP contribution in [0.5, 0.6) is 11.5 Å². The first-order valence-corrected chi connectivity index (χ1v) is 19.5. The lowest BCUT2D eigenvalue weighted by Gasteiger charge is -2.36. The number of para-hydroxylation sites is 2. The standard InChI is InChI=1S/C25H26N6O3.C19H20N4O/c1-16-6-7-18-20(12-16)28-23(19-4-2-3-5-21(19)32)29-24(18)30-8-10-31(11-9-30)25(34)22(33)13-17-14-26-15-27-17;1-13-6-7-14-16(12-13)21-18(15-4-2-3-5-17(15)24)22-19(14)23-10-8-20-9-11-23/h2-7,12,14-15,22,32-33H,8-11,13H2,1H3,(H,26,27);2-7,12,20,24H,8-11H2,1H3/t22-;/m0./s1. The van der Waals surface area contributed by atoms with E-state index < -0.39 is 6.10 Å². The number of aliphatic hydroxyl groups excluding tert-OH is 1. The first-order chi connectivity index (χ1) is 28.2. The third-order valence-electron chi connectivity index (χ3n) is 10.5. The number of fused-ring (bicyclic) bond motifs is 2. The molecule has 7 aromatic rings. The monoisotopic (exact) mass is 778 g/mol. The summed E-state index contributed by atoms with van der Waals surface area (Å²) in [7, 11) is 0. The maximum absolute atomic E-state index is 12.8. The second-order valence-electron chi connectivity index (χ2n) is 14.7. The number of aromatic hydroxyl groups is 2. The van der Waals surface area contributed by atoms with Crippen molar-refractivity contribution in [1.82, 2.24) is 40.1 Å². The van der Waals surface area contributed by atoms with Gasteiger partial charge in [-0.1, -0.05) is 36.4 Å². The van der Waals surface area contributed by atoms with Gasteiger partial charge in [0.25, 0.3) is 5.91 Å². The second-order valence-corrected chi connectivity index (χ2v) is 14.7. The van der Waals surface area contributed by atoms with E-state index in [0.29, 0.717) is 49.0 Å². The Kier molecular flexibility index (Phi) is 11.1. The fourth-order valence-electron chi connectivity index (χ4n) is 7.41. The number of phenols is 2. The van der Waals surface area contributed by atoms with Crippen molar-refractivity contribution in [3.05, 3.63) is 114 Å². The molecule has 0 saturated carbocycles. The normalized spacial score (nSPS) is 15.0. The summed E-state index contributed by atoms with van der Waals surface area (Å²) in [6, 6.07) is 26.6. The molecular formula is C44H46N10O4. The fourth-order valence-corrected chi connectivity index (χ4v) is 7.41. The van der Waals surface area contributed by atoms with Gasteiger partial charge < -0.3 is 40.3 Å². The fraction of sp³-hybridized carbons (Fsp3) is 0.273. The van der Waals surface area contributed by atoms with Gasteiger partial charge in [0.15, 0.2) is 11.6 Å². The molecule has 0 radical (unpaired) electrons. The Balaban J connectivity index is 0.000000172. The zero-order valence-electron chi connectivity index (χ0n) is 32.5. The molecule has 296 valence electrons. The van der Waals surface area contributed by atoms with Gasteiger partial charge in [-0.2, -0.15) is 0 Å². The Labute approximate surface area is 335 Å². The molecule has 58 heavy (non-hydrogen) atoms. The van der Waals surface area contributed by atoms with Gasteiger partial charge in [-0.25, -0.2) is 24.9 Å². The van der Waals surface area contributed by atoms with Crippen molar-refractivity contribution in [1.29, 1.82) is 0 Å². The van der Waals surface area contributed by atoms with Crippen LogP contribution >= 0.6 is 0 Å². The molecule has 14 heteroatoms. The van der Waals surface area contributed by atoms with E-state index >= 15 is 0 Å². The van der Waals surface area contributed by atoms with Crippen LogP contribution in [0.1, 0.15) is 16.8 Å². The van der Waals surface area contributed by atoms with Crippen molar-refractivity contribution in [2.75, 3.05) is 62.2 Å². The average molecular weight is 779 g/mol. The Bertz CT molecular complexity index is 2550. The molecule has 4 aromatic carbocycles. The highest BCUT2D eigenvalue weighted by atomic mass is 16.3. The van der Waals surface area contributed by atoms with Crippen molar-refractivity contribution in [2.24, 2.45) is 0 Å². The van der Waals surface area contributed by atoms with Gasteiger partial charge in [-0.3, -0.25) is 4.79 Å². The summed E-state index contributed by atoms with van der Waals surface area (Å²) in [4.78, 5) is 44.8. The van der Waals surface area contributed by atoms with Crippen LogP contribution in [-0.2, 0) is 11.2 Å². The quantitative estimate of drug-likeness (QED) is 0.146. The van der Waals surface area contributed by atoms with E-state index in [9.17, 15) is 20.1 Å². The summed E-state index contributed by atoms with van der Waals surface area (Å²) in [5.74, 6) is 2.79. The molecule has 0 spiro atoms. The molecule has 2 saturated heterocycles. The topological polar surface area (TPSA) is 180 Å². The van der Waals surface area contributed by atoms with Crippen LogP contribution in [0.25, 0.3) is 44.6 Å². The predicted molar refractivity (Wildman–Crippen MR) is 225 cm³/mol. The zero-order chi connectivity index (χ0) is 40.2. The van der Waals surface area contributed by atoms with Gasteiger partial charge in [0.2, 0.25) is 0 Å². The minimum Gasteiger partial charge on any atom is -0.507 e. The van der Waals surface area contributed by atoms with E-state index in [2.05, 4.69) is 50.2 Å². The number of phenolic OH excluding ortho intramolecular Hbond substituents is 2. The van der Waals surface area contributed by atoms with Gasteiger partial charge in [0.05, 0.1) is 28.5 Å². The SMILES string of the molecule is Cc1ccc2c(N3CCN(C(=O)[C@@H](O)Cc4cnc[nH]4)CC3)nc(-c3ccccc3O)nc2c1.Cc1ccc2c(N3CCNCC3)nc(-c3ccccc3O)nc2c1. The van der Waals surface area contributed by atoms with Crippen molar-refractivity contribution < 1.29 is 20.1 Å². The smallest absolute Gasteiger partial charge is 0.251 e. The molecule has 1 atom stereocenters. The number of amides is 1. The van der Waals surface area contributed by atoms with Crippen LogP contribution in [-0.4, -0.2) is 114 Å². The minimum atomic E-state index is -1.11. The predicted octanol–water partition coefficient (Wildman–Crippen LogP) is 5.01. The number of H-pyrrole nitrogens is 1. The molecule has 0 bridgehead atoms. The molecule has 2 fully saturated rings. The lowest BCUT2D eigenvalue weighted by molar-refractivity contribution is -0.140. The van der Waals surface area contributed by atoms with Gasteiger partial charge in [-0.05, 0) is 73.5 Å². The minimum absolute atomic E-state index is 0.127. The molecule has 5 heterocycles. The number of carbonyl (C=O) groups excluding carboxylic acids is 1. The number of aliphatic hydroxyl groups is 1. The number of piperazine rings is 2. The van der Waals surface area contributed by atoms with Gasteiger partial charge in [-0.15, -0.1) is 0 Å². The molecule has 2 aliphatic heterocycles. The third kappa shape index (κ3) is 8.24. The maximum Gasteiger partial charge on any atom is 0.251 e. The number of aryl methyl sites for hydroxylation is 2. The summed E-state index contributed by atoms with van der Waals surface area (Å²) in [5.41, 5.74) is 5.92. The number of aromatic amines is 1. The van der Waals surface area contributed by atoms with Gasteiger partial charge in [0.1, 0.15) is 29.2 Å². The van der Waals surface area contributed by atoms with E-state index in [4.69, 9.17) is 19.9 Å². The van der Waals surface area contributed by atoms with Crippen LogP contribution in [0.15, 0.2) is 97.5 Å². The molecule has 1 amide bonds. The molecule has 5 N–H and O–H groups in total. The number of imidazole rings is 1. The van der Waals surface area contributed by atoms with E-state index in [1.54, 1.807) is 41.4 Å². The lowest BCUT2D eigenvalue weighted by atomic mass is 10.1. The van der Waals surface area contributed by atoms with Crippen molar-refractivity contribution in [3.8, 4) is 34.3 Å². The zero-order valence-corrected chi connectivity index (χ0v) is 32.5. The van der Waals surface area contributed by atoms with Crippen molar-refractivity contribution in [2.45, 2.75) is 26.4 Å². The number of benzene rings is 4. The number of nitrogens with one attached hydrogen (secondary N) is 2. The van der Waals surface area contributed by atoms with Crippen LogP contribution in [0, 0.1) is 13.8 Å². The van der Waals surface area contributed by atoms with Crippen LogP contribution in [0.3, 0.4) is 0 Å². The van der Waals surface area contributed by atoms with Crippen LogP contribution in [0.2, 0.25) is 0 Å². The number of rotatable bonds is 7. The number of aromatic nitrogens is 6. The summed E-state index contributed by atoms with van der Waals surface area (Å²) in [6.45, 7) is 9.90. The largest absolute Gasteiger partial charge is 0.507 e.